The Hall–Kier alpha value is -5.84. The fourth-order valence-corrected chi connectivity index (χ4v) is 9.78. The highest BCUT2D eigenvalue weighted by Gasteiger charge is 2.38. The van der Waals surface area contributed by atoms with Gasteiger partial charge in [0, 0.05) is 24.3 Å². The van der Waals surface area contributed by atoms with Gasteiger partial charge >= 0.3 is 0 Å². The summed E-state index contributed by atoms with van der Waals surface area (Å²) in [6.45, 7) is 17.3. The van der Waals surface area contributed by atoms with E-state index in [0.29, 0.717) is 19.5 Å². The number of likely N-dealkylation sites (N-methyl/N-ethyl adjacent to an activating group) is 2. The lowest BCUT2D eigenvalue weighted by Crippen LogP contribution is -2.43. The van der Waals surface area contributed by atoms with Crippen LogP contribution in [0.1, 0.15) is 106 Å². The van der Waals surface area contributed by atoms with Crippen molar-refractivity contribution in [3.63, 3.8) is 0 Å². The van der Waals surface area contributed by atoms with E-state index in [0.717, 1.165) is 127 Å². The number of likely N-dealkylation sites (tertiary alicyclic amines) is 1. The zero-order chi connectivity index (χ0) is 43.2. The van der Waals surface area contributed by atoms with Gasteiger partial charge in [-0.3, -0.25) is 19.4 Å². The number of carbonyl (C=O) groups is 2. The van der Waals surface area contributed by atoms with E-state index >= 15 is 0 Å². The van der Waals surface area contributed by atoms with Crippen molar-refractivity contribution >= 4 is 22.8 Å². The Balaban J connectivity index is 1.03. The van der Waals surface area contributed by atoms with Crippen molar-refractivity contribution in [2.45, 2.75) is 90.9 Å². The Bertz CT molecular complexity index is 2470. The quantitative estimate of drug-likeness (QED) is 0.0888. The standard InChI is InChI=1S/C52H62N8O2/c1-6-11-31-59(51(61)48(57(7-2)8-3)36-20-14-12-15-21-36)35-46-53-43-25-18-24-40-33-38(27-29-41(40)47(43)56-46)39-28-30-42-44(34-39)55-50(54-42)45-26-19-32-60(45)52(62)49(58(9-4)10-5)37-22-16-13-17-23-37/h6,12-17,20-23,27-30,33-34,45,48-49H,1,7-11,18-19,24-26,31-32,35H2,2-5H3,(H,53,56)(H,54,55)/t45-,48+,49+/m0/s1. The third-order valence-corrected chi connectivity index (χ3v) is 13.1. The van der Waals surface area contributed by atoms with Gasteiger partial charge in [-0.1, -0.05) is 119 Å². The molecular weight excluding hydrogens is 769 g/mol. The molecule has 8 rings (SSSR count). The van der Waals surface area contributed by atoms with E-state index in [-0.39, 0.29) is 29.9 Å². The third-order valence-electron chi connectivity index (χ3n) is 13.1. The summed E-state index contributed by atoms with van der Waals surface area (Å²) in [4.78, 5) is 55.0. The van der Waals surface area contributed by atoms with Gasteiger partial charge in [0.05, 0.1) is 29.3 Å². The number of nitrogens with zero attached hydrogens (tertiary/aromatic N) is 6. The molecule has 2 N–H and O–H groups in total. The van der Waals surface area contributed by atoms with Crippen LogP contribution in [0.25, 0.3) is 33.4 Å². The summed E-state index contributed by atoms with van der Waals surface area (Å²) in [5.74, 6) is 1.89. The van der Waals surface area contributed by atoms with Gasteiger partial charge in [0.2, 0.25) is 11.8 Å². The molecular formula is C52H62N8O2. The van der Waals surface area contributed by atoms with Crippen LogP contribution in [0.4, 0.5) is 0 Å². The molecule has 10 heteroatoms. The highest BCUT2D eigenvalue weighted by atomic mass is 16.2. The van der Waals surface area contributed by atoms with Gasteiger partial charge in [-0.25, -0.2) is 9.97 Å². The number of benzene rings is 4. The minimum absolute atomic E-state index is 0.0841. The molecule has 6 aromatic rings. The maximum absolute atomic E-state index is 14.5. The summed E-state index contributed by atoms with van der Waals surface area (Å²) in [6, 6.07) is 32.7. The first-order valence-corrected chi connectivity index (χ1v) is 22.8. The maximum Gasteiger partial charge on any atom is 0.245 e. The molecule has 0 radical (unpaired) electrons. The smallest absolute Gasteiger partial charge is 0.245 e. The second-order valence-electron chi connectivity index (χ2n) is 16.7. The molecule has 4 aromatic carbocycles. The molecule has 1 saturated heterocycles. The monoisotopic (exact) mass is 830 g/mol. The molecule has 3 atom stereocenters. The molecule has 1 aliphatic heterocycles. The van der Waals surface area contributed by atoms with Crippen LogP contribution in [-0.4, -0.2) is 90.6 Å². The lowest BCUT2D eigenvalue weighted by molar-refractivity contribution is -0.139. The number of nitrogens with one attached hydrogen (secondary N) is 2. The summed E-state index contributed by atoms with van der Waals surface area (Å²) in [7, 11) is 0. The first-order chi connectivity index (χ1) is 30.3. The average Bonchev–Trinajstić information content (AvgIpc) is 4.05. The van der Waals surface area contributed by atoms with E-state index in [1.54, 1.807) is 0 Å². The summed E-state index contributed by atoms with van der Waals surface area (Å²) in [6.07, 6.45) is 7.26. The van der Waals surface area contributed by atoms with Crippen molar-refractivity contribution in [3.8, 4) is 22.4 Å². The van der Waals surface area contributed by atoms with Gasteiger partial charge in [-0.2, -0.15) is 0 Å². The predicted molar refractivity (Wildman–Crippen MR) is 249 cm³/mol. The SMILES string of the molecule is C=CCCN(Cc1nc2c([nH]1)CCCc1cc(-c3ccc4nc([C@@H]5CCCN5C(=O)[C@@H](c5ccccc5)N(CC)CC)[nH]c4c3)ccc1-2)C(=O)[C@@H](c1ccccc1)N(CC)CC. The first-order valence-electron chi connectivity index (χ1n) is 22.8. The lowest BCUT2D eigenvalue weighted by atomic mass is 9.96. The largest absolute Gasteiger partial charge is 0.344 e. The van der Waals surface area contributed by atoms with Crippen molar-refractivity contribution in [2.24, 2.45) is 0 Å². The highest BCUT2D eigenvalue weighted by molar-refractivity contribution is 5.86. The van der Waals surface area contributed by atoms with Crippen LogP contribution in [0.2, 0.25) is 0 Å². The lowest BCUT2D eigenvalue weighted by Gasteiger charge is -2.34. The second kappa shape index (κ2) is 19.5. The topological polar surface area (TPSA) is 104 Å². The predicted octanol–water partition coefficient (Wildman–Crippen LogP) is 9.84. The fraction of sp³-hybridized carbons (Fsp3) is 0.385. The molecule has 2 aromatic heterocycles. The number of aromatic nitrogens is 4. The molecule has 322 valence electrons. The molecule has 10 nitrogen and oxygen atoms in total. The molecule has 62 heavy (non-hydrogen) atoms. The number of fused-ring (bicyclic) bond motifs is 4. The number of hydrogen-bond acceptors (Lipinski definition) is 6. The van der Waals surface area contributed by atoms with Crippen molar-refractivity contribution in [1.29, 1.82) is 0 Å². The Morgan fingerprint density at radius 1 is 0.790 bits per heavy atom. The Kier molecular flexibility index (Phi) is 13.5. The van der Waals surface area contributed by atoms with E-state index < -0.39 is 0 Å². The molecule has 0 bridgehead atoms. The molecule has 2 aliphatic rings. The van der Waals surface area contributed by atoms with Gasteiger partial charge < -0.3 is 19.8 Å². The van der Waals surface area contributed by atoms with E-state index in [4.69, 9.17) is 9.97 Å². The van der Waals surface area contributed by atoms with Crippen LogP contribution in [0.3, 0.4) is 0 Å². The van der Waals surface area contributed by atoms with E-state index in [9.17, 15) is 9.59 Å². The highest BCUT2D eigenvalue weighted by Crippen LogP contribution is 2.38. The number of aryl methyl sites for hydroxylation is 2. The Morgan fingerprint density at radius 3 is 2.15 bits per heavy atom. The van der Waals surface area contributed by atoms with Crippen molar-refractivity contribution in [3.05, 3.63) is 144 Å². The summed E-state index contributed by atoms with van der Waals surface area (Å²) in [5.41, 5.74) is 10.7. The molecule has 0 saturated carbocycles. The minimum atomic E-state index is -0.368. The zero-order valence-electron chi connectivity index (χ0n) is 36.9. The number of hydrogen-bond donors (Lipinski definition) is 2. The molecule has 2 amide bonds. The van der Waals surface area contributed by atoms with Crippen LogP contribution < -0.4 is 0 Å². The summed E-state index contributed by atoms with van der Waals surface area (Å²) < 4.78 is 0. The Morgan fingerprint density at radius 2 is 1.45 bits per heavy atom. The zero-order valence-corrected chi connectivity index (χ0v) is 36.9. The fourth-order valence-electron chi connectivity index (χ4n) is 9.78. The van der Waals surface area contributed by atoms with E-state index in [1.807, 2.05) is 47.4 Å². The van der Waals surface area contributed by atoms with Crippen LogP contribution in [0.15, 0.2) is 110 Å². The van der Waals surface area contributed by atoms with Crippen LogP contribution in [-0.2, 0) is 29.0 Å². The number of aromatic amines is 2. The summed E-state index contributed by atoms with van der Waals surface area (Å²) >= 11 is 0. The molecule has 0 unspecified atom stereocenters. The number of H-pyrrole nitrogens is 2. The third kappa shape index (κ3) is 8.76. The van der Waals surface area contributed by atoms with Crippen molar-refractivity contribution in [2.75, 3.05) is 39.3 Å². The first kappa shape index (κ1) is 42.8. The van der Waals surface area contributed by atoms with Gasteiger partial charge in [-0.15, -0.1) is 6.58 Å². The second-order valence-corrected chi connectivity index (χ2v) is 16.7. The number of amides is 2. The van der Waals surface area contributed by atoms with E-state index in [1.165, 1.54) is 5.56 Å². The van der Waals surface area contributed by atoms with Gasteiger partial charge in [0.15, 0.2) is 0 Å². The Labute approximate surface area is 367 Å². The minimum Gasteiger partial charge on any atom is -0.344 e. The maximum atomic E-state index is 14.5. The number of rotatable bonds is 17. The number of imidazole rings is 2. The molecule has 1 fully saturated rings. The normalized spacial score (nSPS) is 16.0. The molecule has 0 spiro atoms. The van der Waals surface area contributed by atoms with Crippen LogP contribution in [0, 0.1) is 0 Å². The average molecular weight is 831 g/mol. The molecule has 3 heterocycles. The van der Waals surface area contributed by atoms with Crippen LogP contribution >= 0.6 is 0 Å². The van der Waals surface area contributed by atoms with Crippen molar-refractivity contribution < 1.29 is 9.59 Å². The van der Waals surface area contributed by atoms with Gasteiger partial charge in [0.1, 0.15) is 23.7 Å². The van der Waals surface area contributed by atoms with Gasteiger partial charge in [-0.05, 0) is 105 Å². The summed E-state index contributed by atoms with van der Waals surface area (Å²) in [5, 5.41) is 0. The van der Waals surface area contributed by atoms with Crippen molar-refractivity contribution in [1.82, 2.24) is 39.5 Å². The van der Waals surface area contributed by atoms with Crippen LogP contribution in [0.5, 0.6) is 0 Å². The van der Waals surface area contributed by atoms with E-state index in [2.05, 4.69) is 120 Å². The van der Waals surface area contributed by atoms with Gasteiger partial charge in [0.25, 0.3) is 0 Å². The molecule has 1 aliphatic carbocycles. The number of carbonyl (C=O) groups excluding carboxylic acids is 2.